The highest BCUT2D eigenvalue weighted by atomic mass is 16.4. The van der Waals surface area contributed by atoms with Gasteiger partial charge in [-0.1, -0.05) is 63.1 Å². The van der Waals surface area contributed by atoms with Crippen molar-refractivity contribution in [2.24, 2.45) is 10.8 Å². The number of rotatable bonds is 8. The van der Waals surface area contributed by atoms with Crippen molar-refractivity contribution in [2.75, 3.05) is 19.6 Å². The van der Waals surface area contributed by atoms with Crippen LogP contribution in [0, 0.1) is 10.8 Å². The zero-order valence-electron chi connectivity index (χ0n) is 18.2. The van der Waals surface area contributed by atoms with Crippen molar-refractivity contribution < 1.29 is 9.90 Å². The average Bonchev–Trinajstić information content (AvgIpc) is 2.67. The molecule has 0 aromatic heterocycles. The van der Waals surface area contributed by atoms with Gasteiger partial charge in [-0.05, 0) is 55.5 Å². The highest BCUT2D eigenvalue weighted by Crippen LogP contribution is 2.55. The molecule has 1 aromatic carbocycles. The number of carboxylic acid groups (broad SMARTS) is 1. The number of carboxylic acids is 1. The van der Waals surface area contributed by atoms with Gasteiger partial charge >= 0.3 is 5.97 Å². The number of unbranched alkanes of at least 4 members (excludes halogenated alkanes) is 3. The second-order valence-electron chi connectivity index (χ2n) is 9.38. The van der Waals surface area contributed by atoms with E-state index in [1.165, 1.54) is 37.0 Å². The molecule has 0 bridgehead atoms. The molecule has 0 radical (unpaired) electrons. The smallest absolute Gasteiger partial charge is 0.335 e. The molecule has 1 aliphatic carbocycles. The molecule has 1 N–H and O–H groups in total. The van der Waals surface area contributed by atoms with Crippen molar-refractivity contribution in [3.63, 3.8) is 0 Å². The average molecular weight is 394 g/mol. The van der Waals surface area contributed by atoms with Crippen LogP contribution in [0.3, 0.4) is 0 Å². The van der Waals surface area contributed by atoms with Crippen LogP contribution in [0.4, 0.5) is 0 Å². The predicted molar refractivity (Wildman–Crippen MR) is 121 cm³/mol. The first-order valence-electron chi connectivity index (χ1n) is 10.9. The number of carbonyl (C=O) groups is 1. The van der Waals surface area contributed by atoms with Crippen LogP contribution in [0.2, 0.25) is 0 Å². The minimum Gasteiger partial charge on any atom is -0.478 e. The van der Waals surface area contributed by atoms with Crippen LogP contribution in [0.5, 0.6) is 0 Å². The third kappa shape index (κ3) is 4.56. The lowest BCUT2D eigenvalue weighted by molar-refractivity contribution is 0.0697. The maximum Gasteiger partial charge on any atom is 0.335 e. The van der Waals surface area contributed by atoms with Crippen molar-refractivity contribution in [1.29, 1.82) is 0 Å². The van der Waals surface area contributed by atoms with E-state index in [2.05, 4.69) is 44.4 Å². The van der Waals surface area contributed by atoms with Gasteiger partial charge in [-0.2, -0.15) is 0 Å². The zero-order chi connectivity index (χ0) is 21.1. The van der Waals surface area contributed by atoms with Crippen molar-refractivity contribution in [3.05, 3.63) is 65.8 Å². The molecule has 1 atom stereocenters. The molecular formula is C26H35NO2. The number of hydrogen-bond donors (Lipinski definition) is 1. The summed E-state index contributed by atoms with van der Waals surface area (Å²) in [6.07, 6.45) is 12.8. The first-order chi connectivity index (χ1) is 13.8. The van der Waals surface area contributed by atoms with E-state index in [1.807, 2.05) is 18.2 Å². The molecule has 156 valence electrons. The van der Waals surface area contributed by atoms with Crippen molar-refractivity contribution in [2.45, 2.75) is 52.9 Å². The van der Waals surface area contributed by atoms with E-state index in [-0.39, 0.29) is 10.8 Å². The highest BCUT2D eigenvalue weighted by molar-refractivity contribution is 5.88. The van der Waals surface area contributed by atoms with Crippen LogP contribution in [-0.4, -0.2) is 35.6 Å². The van der Waals surface area contributed by atoms with Crippen molar-refractivity contribution >= 4 is 11.5 Å². The largest absolute Gasteiger partial charge is 0.478 e. The number of benzene rings is 1. The second kappa shape index (κ2) is 8.71. The Morgan fingerprint density at radius 1 is 1.14 bits per heavy atom. The van der Waals surface area contributed by atoms with Crippen LogP contribution >= 0.6 is 0 Å². The Kier molecular flexibility index (Phi) is 6.48. The maximum atomic E-state index is 11.2. The van der Waals surface area contributed by atoms with Crippen LogP contribution < -0.4 is 0 Å². The van der Waals surface area contributed by atoms with Gasteiger partial charge in [0, 0.05) is 23.9 Å². The van der Waals surface area contributed by atoms with Crippen molar-refractivity contribution in [1.82, 2.24) is 4.90 Å². The summed E-state index contributed by atoms with van der Waals surface area (Å²) in [5, 5.41) is 9.17. The summed E-state index contributed by atoms with van der Waals surface area (Å²) < 4.78 is 0. The highest BCUT2D eigenvalue weighted by Gasteiger charge is 2.45. The monoisotopic (exact) mass is 393 g/mol. The van der Waals surface area contributed by atoms with Crippen molar-refractivity contribution in [3.8, 4) is 0 Å². The fourth-order valence-corrected chi connectivity index (χ4v) is 5.26. The van der Waals surface area contributed by atoms with Gasteiger partial charge in [0.15, 0.2) is 0 Å². The summed E-state index contributed by atoms with van der Waals surface area (Å²) in [4.78, 5) is 13.8. The summed E-state index contributed by atoms with van der Waals surface area (Å²) in [6, 6.07) is 7.34. The van der Waals surface area contributed by atoms with Gasteiger partial charge in [0.1, 0.15) is 0 Å². The molecule has 0 saturated carbocycles. The van der Waals surface area contributed by atoms with Crippen LogP contribution in [0.15, 0.2) is 54.6 Å². The van der Waals surface area contributed by atoms with Crippen LogP contribution in [-0.2, 0) is 0 Å². The van der Waals surface area contributed by atoms with E-state index in [0.29, 0.717) is 5.56 Å². The number of fused-ring (bicyclic) bond motifs is 1. The summed E-state index contributed by atoms with van der Waals surface area (Å²) >= 11 is 0. The Labute approximate surface area is 175 Å². The normalized spacial score (nSPS) is 23.7. The van der Waals surface area contributed by atoms with Crippen LogP contribution in [0.25, 0.3) is 5.57 Å². The SMILES string of the molecule is C=CCCCCCN1CC=C2C(C)(C)C(c3ccc(C(=O)O)cc3)=CC[C@@]2(C)C1. The van der Waals surface area contributed by atoms with Gasteiger partial charge in [0.2, 0.25) is 0 Å². The van der Waals surface area contributed by atoms with Gasteiger partial charge in [-0.25, -0.2) is 4.79 Å². The number of hydrogen-bond acceptors (Lipinski definition) is 2. The summed E-state index contributed by atoms with van der Waals surface area (Å²) in [7, 11) is 0. The quantitative estimate of drug-likeness (QED) is 0.423. The van der Waals surface area contributed by atoms with E-state index in [4.69, 9.17) is 0 Å². The molecule has 1 aromatic rings. The van der Waals surface area contributed by atoms with E-state index < -0.39 is 5.97 Å². The standard InChI is InChI=1S/C26H35NO2/c1-5-6-7-8-9-17-27-18-15-23-25(2,3)22(14-16-26(23,4)19-27)20-10-12-21(13-11-20)24(28)29/h5,10-15H,1,6-9,16-19H2,2-4H3,(H,28,29)/t26-/m0/s1. The first-order valence-corrected chi connectivity index (χ1v) is 10.9. The Hall–Kier alpha value is -2.13. The number of nitrogens with zero attached hydrogens (tertiary/aromatic N) is 1. The molecule has 0 fully saturated rings. The lowest BCUT2D eigenvalue weighted by Crippen LogP contribution is -2.47. The molecule has 1 aliphatic heterocycles. The molecule has 0 unspecified atom stereocenters. The van der Waals surface area contributed by atoms with E-state index >= 15 is 0 Å². The van der Waals surface area contributed by atoms with Gasteiger partial charge < -0.3 is 5.11 Å². The first kappa shape index (κ1) is 21.6. The minimum absolute atomic E-state index is 0.0478. The summed E-state index contributed by atoms with van der Waals surface area (Å²) in [5.41, 5.74) is 4.45. The topological polar surface area (TPSA) is 40.5 Å². The van der Waals surface area contributed by atoms with Crippen LogP contribution in [0.1, 0.15) is 68.8 Å². The second-order valence-corrected chi connectivity index (χ2v) is 9.38. The Bertz CT molecular complexity index is 816. The molecule has 2 aliphatic rings. The van der Waals surface area contributed by atoms with Gasteiger partial charge in [0.05, 0.1) is 5.56 Å². The summed E-state index contributed by atoms with van der Waals surface area (Å²) in [5.74, 6) is -0.874. The van der Waals surface area contributed by atoms with E-state index in [0.717, 1.165) is 31.5 Å². The lowest BCUT2D eigenvalue weighted by atomic mass is 9.58. The fourth-order valence-electron chi connectivity index (χ4n) is 5.26. The van der Waals surface area contributed by atoms with E-state index in [9.17, 15) is 9.90 Å². The molecule has 0 amide bonds. The fraction of sp³-hybridized carbons (Fsp3) is 0.500. The van der Waals surface area contributed by atoms with E-state index in [1.54, 1.807) is 12.1 Å². The predicted octanol–water partition coefficient (Wildman–Crippen LogP) is 6.19. The Morgan fingerprint density at radius 2 is 1.86 bits per heavy atom. The number of aromatic carboxylic acids is 1. The molecule has 29 heavy (non-hydrogen) atoms. The maximum absolute atomic E-state index is 11.2. The van der Waals surface area contributed by atoms with Gasteiger partial charge in [0.25, 0.3) is 0 Å². The Morgan fingerprint density at radius 3 is 2.52 bits per heavy atom. The number of allylic oxidation sites excluding steroid dienone is 3. The third-order valence-corrected chi connectivity index (χ3v) is 6.71. The molecule has 0 spiro atoms. The molecular weight excluding hydrogens is 358 g/mol. The molecule has 0 saturated heterocycles. The van der Waals surface area contributed by atoms with Gasteiger partial charge in [-0.3, -0.25) is 4.90 Å². The lowest BCUT2D eigenvalue weighted by Gasteiger charge is -2.50. The minimum atomic E-state index is -0.874. The summed E-state index contributed by atoms with van der Waals surface area (Å²) in [6.45, 7) is 14.2. The molecule has 3 nitrogen and oxygen atoms in total. The Balaban J connectivity index is 1.74. The van der Waals surface area contributed by atoms with Gasteiger partial charge in [-0.15, -0.1) is 6.58 Å². The third-order valence-electron chi connectivity index (χ3n) is 6.71. The molecule has 3 heteroatoms. The molecule has 3 rings (SSSR count). The zero-order valence-corrected chi connectivity index (χ0v) is 18.2. The molecule has 1 heterocycles.